The maximum atomic E-state index is 11.6. The molecule has 1 aromatic heterocycles. The van der Waals surface area contributed by atoms with Crippen molar-refractivity contribution in [2.45, 2.75) is 32.4 Å². The number of nitrogens with two attached hydrogens (primary N) is 1. The van der Waals surface area contributed by atoms with Crippen LogP contribution in [0.2, 0.25) is 0 Å². The average molecular weight is 275 g/mol. The largest absolute Gasteiger partial charge is 0.444 e. The van der Waals surface area contributed by atoms with Gasteiger partial charge in [-0.1, -0.05) is 12.1 Å². The van der Waals surface area contributed by atoms with E-state index in [-0.39, 0.29) is 6.04 Å². The summed E-state index contributed by atoms with van der Waals surface area (Å²) in [5.74, 6) is 0. The van der Waals surface area contributed by atoms with Crippen molar-refractivity contribution >= 4 is 17.0 Å². The van der Waals surface area contributed by atoms with E-state index in [2.05, 4.69) is 10.3 Å². The molecule has 0 aliphatic heterocycles. The number of carbonyl (C=O) groups excluding carboxylic acids is 1. The van der Waals surface area contributed by atoms with Gasteiger partial charge < -0.3 is 20.8 Å². The molecule has 0 bridgehead atoms. The van der Waals surface area contributed by atoms with Gasteiger partial charge in [-0.2, -0.15) is 0 Å². The quantitative estimate of drug-likeness (QED) is 0.805. The van der Waals surface area contributed by atoms with E-state index < -0.39 is 11.7 Å². The monoisotopic (exact) mass is 275 g/mol. The molecular formula is C15H21N3O2. The molecule has 20 heavy (non-hydrogen) atoms. The average Bonchev–Trinajstić information content (AvgIpc) is 2.80. The summed E-state index contributed by atoms with van der Waals surface area (Å²) in [5.41, 5.74) is 7.59. The Hall–Kier alpha value is -2.01. The first-order valence-electron chi connectivity index (χ1n) is 6.64. The van der Waals surface area contributed by atoms with Crippen LogP contribution in [-0.4, -0.2) is 23.2 Å². The Morgan fingerprint density at radius 3 is 2.85 bits per heavy atom. The van der Waals surface area contributed by atoms with Gasteiger partial charge in [0.15, 0.2) is 0 Å². The van der Waals surface area contributed by atoms with Gasteiger partial charge in [0.05, 0.1) is 0 Å². The lowest BCUT2D eigenvalue weighted by Gasteiger charge is -2.21. The second-order valence-corrected chi connectivity index (χ2v) is 5.81. The molecule has 0 fully saturated rings. The lowest BCUT2D eigenvalue weighted by atomic mass is 10.1. The standard InChI is InChI=1S/C15H21N3O2/c1-15(2,3)20-14(19)18-9-12(16)11-5-4-10-6-7-17-13(10)8-11/h4-8,12,17H,9,16H2,1-3H3,(H,18,19). The normalized spacial score (nSPS) is 13.2. The Morgan fingerprint density at radius 1 is 1.40 bits per heavy atom. The van der Waals surface area contributed by atoms with Gasteiger partial charge in [0.25, 0.3) is 0 Å². The third-order valence-corrected chi connectivity index (χ3v) is 2.87. The number of rotatable bonds is 3. The molecule has 1 heterocycles. The van der Waals surface area contributed by atoms with E-state index in [1.165, 1.54) is 0 Å². The van der Waals surface area contributed by atoms with E-state index in [0.29, 0.717) is 6.54 Å². The second kappa shape index (κ2) is 5.54. The Bertz CT molecular complexity index is 598. The molecule has 5 nitrogen and oxygen atoms in total. The highest BCUT2D eigenvalue weighted by Crippen LogP contribution is 2.18. The molecule has 4 N–H and O–H groups in total. The summed E-state index contributed by atoms with van der Waals surface area (Å²) in [4.78, 5) is 14.7. The predicted octanol–water partition coefficient (Wildman–Crippen LogP) is 2.69. The fraction of sp³-hybridized carbons (Fsp3) is 0.400. The molecule has 108 valence electrons. The minimum Gasteiger partial charge on any atom is -0.444 e. The third kappa shape index (κ3) is 3.74. The molecule has 5 heteroatoms. The van der Waals surface area contributed by atoms with Crippen molar-refractivity contribution in [2.75, 3.05) is 6.54 Å². The molecular weight excluding hydrogens is 254 g/mol. The van der Waals surface area contributed by atoms with Crippen LogP contribution in [0, 0.1) is 0 Å². The Balaban J connectivity index is 1.94. The minimum atomic E-state index is -0.503. The molecule has 2 aromatic rings. The van der Waals surface area contributed by atoms with E-state index in [1.54, 1.807) is 0 Å². The fourth-order valence-electron chi connectivity index (χ4n) is 1.92. The van der Waals surface area contributed by atoms with E-state index in [9.17, 15) is 4.79 Å². The highest BCUT2D eigenvalue weighted by atomic mass is 16.6. The Kier molecular flexibility index (Phi) is 3.99. The van der Waals surface area contributed by atoms with Crippen LogP contribution in [0.15, 0.2) is 30.5 Å². The number of amides is 1. The van der Waals surface area contributed by atoms with E-state index in [4.69, 9.17) is 10.5 Å². The van der Waals surface area contributed by atoms with Gasteiger partial charge in [-0.3, -0.25) is 0 Å². The number of hydrogen-bond acceptors (Lipinski definition) is 3. The number of aromatic nitrogens is 1. The molecule has 0 saturated carbocycles. The summed E-state index contributed by atoms with van der Waals surface area (Å²) >= 11 is 0. The van der Waals surface area contributed by atoms with Gasteiger partial charge in [0.1, 0.15) is 5.60 Å². The van der Waals surface area contributed by atoms with E-state index in [0.717, 1.165) is 16.5 Å². The summed E-state index contributed by atoms with van der Waals surface area (Å²) in [6, 6.07) is 7.71. The zero-order valence-electron chi connectivity index (χ0n) is 12.1. The number of benzene rings is 1. The maximum Gasteiger partial charge on any atom is 0.407 e. The lowest BCUT2D eigenvalue weighted by Crippen LogP contribution is -2.36. The van der Waals surface area contributed by atoms with Gasteiger partial charge in [-0.15, -0.1) is 0 Å². The molecule has 2 rings (SSSR count). The van der Waals surface area contributed by atoms with Crippen molar-refractivity contribution in [2.24, 2.45) is 5.73 Å². The highest BCUT2D eigenvalue weighted by molar-refractivity contribution is 5.80. The smallest absolute Gasteiger partial charge is 0.407 e. The fourth-order valence-corrected chi connectivity index (χ4v) is 1.92. The number of hydrogen-bond donors (Lipinski definition) is 3. The van der Waals surface area contributed by atoms with Gasteiger partial charge >= 0.3 is 6.09 Å². The van der Waals surface area contributed by atoms with Gasteiger partial charge in [0, 0.05) is 24.3 Å². The van der Waals surface area contributed by atoms with Crippen LogP contribution in [0.1, 0.15) is 32.4 Å². The van der Waals surface area contributed by atoms with Gasteiger partial charge in [0.2, 0.25) is 0 Å². The number of aromatic amines is 1. The van der Waals surface area contributed by atoms with Crippen molar-refractivity contribution in [3.8, 4) is 0 Å². The van der Waals surface area contributed by atoms with Crippen LogP contribution in [0.5, 0.6) is 0 Å². The predicted molar refractivity (Wildman–Crippen MR) is 79.5 cm³/mol. The Labute approximate surface area is 118 Å². The highest BCUT2D eigenvalue weighted by Gasteiger charge is 2.17. The van der Waals surface area contributed by atoms with E-state index >= 15 is 0 Å². The van der Waals surface area contributed by atoms with Gasteiger partial charge in [-0.25, -0.2) is 4.79 Å². The maximum absolute atomic E-state index is 11.6. The molecule has 0 aliphatic rings. The first kappa shape index (κ1) is 14.4. The molecule has 1 atom stereocenters. The van der Waals surface area contributed by atoms with Crippen molar-refractivity contribution < 1.29 is 9.53 Å². The summed E-state index contributed by atoms with van der Waals surface area (Å²) in [5, 5.41) is 3.82. The number of fused-ring (bicyclic) bond motifs is 1. The van der Waals surface area contributed by atoms with Crippen molar-refractivity contribution in [1.82, 2.24) is 10.3 Å². The van der Waals surface area contributed by atoms with Crippen LogP contribution in [0.3, 0.4) is 0 Å². The summed E-state index contributed by atoms with van der Waals surface area (Å²) < 4.78 is 5.17. The second-order valence-electron chi connectivity index (χ2n) is 5.81. The summed E-state index contributed by atoms with van der Waals surface area (Å²) in [7, 11) is 0. The molecule has 1 unspecified atom stereocenters. The van der Waals surface area contributed by atoms with Crippen molar-refractivity contribution in [3.05, 3.63) is 36.0 Å². The molecule has 0 saturated heterocycles. The van der Waals surface area contributed by atoms with Crippen LogP contribution in [-0.2, 0) is 4.74 Å². The van der Waals surface area contributed by atoms with Crippen LogP contribution in [0.4, 0.5) is 4.79 Å². The first-order valence-corrected chi connectivity index (χ1v) is 6.64. The SMILES string of the molecule is CC(C)(C)OC(=O)NCC(N)c1ccc2cc[nH]c2c1. The van der Waals surface area contributed by atoms with Gasteiger partial charge in [-0.05, 0) is 43.9 Å². The van der Waals surface area contributed by atoms with Crippen molar-refractivity contribution in [1.29, 1.82) is 0 Å². The zero-order chi connectivity index (χ0) is 14.8. The molecule has 1 aromatic carbocycles. The van der Waals surface area contributed by atoms with E-state index in [1.807, 2.05) is 51.2 Å². The molecule has 0 spiro atoms. The summed E-state index contributed by atoms with van der Waals surface area (Å²) in [6.45, 7) is 5.81. The number of ether oxygens (including phenoxy) is 1. The van der Waals surface area contributed by atoms with Crippen LogP contribution < -0.4 is 11.1 Å². The molecule has 0 radical (unpaired) electrons. The Morgan fingerprint density at radius 2 is 2.15 bits per heavy atom. The van der Waals surface area contributed by atoms with Crippen molar-refractivity contribution in [3.63, 3.8) is 0 Å². The van der Waals surface area contributed by atoms with Crippen LogP contribution in [0.25, 0.3) is 10.9 Å². The number of H-pyrrole nitrogens is 1. The minimum absolute atomic E-state index is 0.268. The molecule has 0 aliphatic carbocycles. The number of nitrogens with one attached hydrogen (secondary N) is 2. The molecule has 1 amide bonds. The number of carbonyl (C=O) groups is 1. The van der Waals surface area contributed by atoms with Crippen LogP contribution >= 0.6 is 0 Å². The topological polar surface area (TPSA) is 80.1 Å². The first-order chi connectivity index (χ1) is 9.35. The zero-order valence-corrected chi connectivity index (χ0v) is 12.1. The lowest BCUT2D eigenvalue weighted by molar-refractivity contribution is 0.0524. The number of alkyl carbamates (subject to hydrolysis) is 1. The summed E-state index contributed by atoms with van der Waals surface area (Å²) in [6.07, 6.45) is 1.44. The third-order valence-electron chi connectivity index (χ3n) is 2.87.